The fourth-order valence-corrected chi connectivity index (χ4v) is 3.11. The number of benzene rings is 1. The normalized spacial score (nSPS) is 28.7. The number of nitrogens with zero attached hydrogens (tertiary/aromatic N) is 1. The zero-order valence-electron chi connectivity index (χ0n) is 11.0. The van der Waals surface area contributed by atoms with Gasteiger partial charge in [-0.25, -0.2) is 0 Å². The molecule has 0 aliphatic carbocycles. The average molecular weight is 247 g/mol. The van der Waals surface area contributed by atoms with E-state index < -0.39 is 0 Å². The standard InChI is InChI=1S/C15H21NO2/c1-17-14-7-5-12(6-8-14)15-16-10-3-2-4-13(16)9-11-18-15/h5-8,13,15H,2-4,9-11H2,1H3. The molecule has 2 unspecified atom stereocenters. The maximum absolute atomic E-state index is 5.99. The van der Waals surface area contributed by atoms with Gasteiger partial charge >= 0.3 is 0 Å². The van der Waals surface area contributed by atoms with Crippen LogP contribution in [0.15, 0.2) is 24.3 Å². The first kappa shape index (κ1) is 12.0. The van der Waals surface area contributed by atoms with Gasteiger partial charge in [0.1, 0.15) is 12.0 Å². The highest BCUT2D eigenvalue weighted by Crippen LogP contribution is 2.35. The molecule has 0 saturated carbocycles. The number of hydrogen-bond donors (Lipinski definition) is 0. The molecule has 1 aromatic carbocycles. The summed E-state index contributed by atoms with van der Waals surface area (Å²) in [6, 6.07) is 9.01. The van der Waals surface area contributed by atoms with Crippen molar-refractivity contribution >= 4 is 0 Å². The molecule has 0 spiro atoms. The average Bonchev–Trinajstić information content (AvgIpc) is 2.47. The molecule has 18 heavy (non-hydrogen) atoms. The van der Waals surface area contributed by atoms with Crippen molar-refractivity contribution in [1.82, 2.24) is 4.90 Å². The highest BCUT2D eigenvalue weighted by Gasteiger charge is 2.33. The molecule has 2 aliphatic rings. The first-order chi connectivity index (χ1) is 8.88. The van der Waals surface area contributed by atoms with E-state index in [1.54, 1.807) is 7.11 Å². The molecule has 0 bridgehead atoms. The van der Waals surface area contributed by atoms with Gasteiger partial charge in [-0.15, -0.1) is 0 Å². The summed E-state index contributed by atoms with van der Waals surface area (Å²) in [5.74, 6) is 0.907. The molecular formula is C15H21NO2. The maximum atomic E-state index is 5.99. The first-order valence-electron chi connectivity index (χ1n) is 6.90. The Hall–Kier alpha value is -1.06. The van der Waals surface area contributed by atoms with Crippen molar-refractivity contribution < 1.29 is 9.47 Å². The van der Waals surface area contributed by atoms with Crippen LogP contribution in [0.4, 0.5) is 0 Å². The molecule has 0 aromatic heterocycles. The van der Waals surface area contributed by atoms with Crippen molar-refractivity contribution in [2.45, 2.75) is 38.0 Å². The highest BCUT2D eigenvalue weighted by atomic mass is 16.5. The molecule has 3 rings (SSSR count). The number of ether oxygens (including phenoxy) is 2. The Morgan fingerprint density at radius 1 is 1.17 bits per heavy atom. The summed E-state index contributed by atoms with van der Waals surface area (Å²) in [6.07, 6.45) is 5.33. The van der Waals surface area contributed by atoms with Crippen LogP contribution in [0.25, 0.3) is 0 Å². The van der Waals surface area contributed by atoms with Gasteiger partial charge in [0.05, 0.1) is 13.7 Å². The van der Waals surface area contributed by atoms with E-state index in [2.05, 4.69) is 17.0 Å². The van der Waals surface area contributed by atoms with Crippen LogP contribution in [-0.4, -0.2) is 31.2 Å². The van der Waals surface area contributed by atoms with Crippen molar-refractivity contribution in [3.05, 3.63) is 29.8 Å². The van der Waals surface area contributed by atoms with Gasteiger partial charge in [-0.1, -0.05) is 18.6 Å². The van der Waals surface area contributed by atoms with E-state index in [1.165, 1.54) is 37.8 Å². The number of hydrogen-bond acceptors (Lipinski definition) is 3. The smallest absolute Gasteiger partial charge is 0.137 e. The summed E-state index contributed by atoms with van der Waals surface area (Å²) < 4.78 is 11.2. The van der Waals surface area contributed by atoms with Gasteiger partial charge in [0.25, 0.3) is 0 Å². The molecule has 3 nitrogen and oxygen atoms in total. The lowest BCUT2D eigenvalue weighted by Crippen LogP contribution is -2.47. The molecule has 0 amide bonds. The molecule has 2 saturated heterocycles. The second-order valence-electron chi connectivity index (χ2n) is 5.17. The van der Waals surface area contributed by atoms with Gasteiger partial charge in [0.2, 0.25) is 0 Å². The van der Waals surface area contributed by atoms with Crippen LogP contribution < -0.4 is 4.74 Å². The Kier molecular flexibility index (Phi) is 3.52. The van der Waals surface area contributed by atoms with Crippen molar-refractivity contribution in [1.29, 1.82) is 0 Å². The van der Waals surface area contributed by atoms with Crippen LogP contribution in [0.3, 0.4) is 0 Å². The number of fused-ring (bicyclic) bond motifs is 1. The van der Waals surface area contributed by atoms with Gasteiger partial charge in [0.15, 0.2) is 0 Å². The monoisotopic (exact) mass is 247 g/mol. The minimum atomic E-state index is 0.148. The van der Waals surface area contributed by atoms with Gasteiger partial charge in [-0.3, -0.25) is 4.90 Å². The highest BCUT2D eigenvalue weighted by molar-refractivity contribution is 5.28. The Balaban J connectivity index is 1.80. The van der Waals surface area contributed by atoms with E-state index in [-0.39, 0.29) is 6.23 Å². The van der Waals surface area contributed by atoms with Crippen LogP contribution >= 0.6 is 0 Å². The summed E-state index contributed by atoms with van der Waals surface area (Å²) in [5.41, 5.74) is 1.25. The summed E-state index contributed by atoms with van der Waals surface area (Å²) in [6.45, 7) is 2.05. The maximum Gasteiger partial charge on any atom is 0.137 e. The predicted octanol–water partition coefficient (Wildman–Crippen LogP) is 2.97. The molecule has 3 heteroatoms. The molecule has 2 aliphatic heterocycles. The van der Waals surface area contributed by atoms with Crippen LogP contribution in [0.1, 0.15) is 37.5 Å². The number of piperidine rings is 1. The fourth-order valence-electron chi connectivity index (χ4n) is 3.11. The van der Waals surface area contributed by atoms with E-state index in [9.17, 15) is 0 Å². The zero-order valence-corrected chi connectivity index (χ0v) is 11.0. The quantitative estimate of drug-likeness (QED) is 0.802. The summed E-state index contributed by atoms with van der Waals surface area (Å²) >= 11 is 0. The van der Waals surface area contributed by atoms with Crippen molar-refractivity contribution in [2.75, 3.05) is 20.3 Å². The molecular weight excluding hydrogens is 226 g/mol. The van der Waals surface area contributed by atoms with Crippen LogP contribution in [0.2, 0.25) is 0 Å². The van der Waals surface area contributed by atoms with Crippen molar-refractivity contribution in [3.8, 4) is 5.75 Å². The second-order valence-corrected chi connectivity index (χ2v) is 5.17. The first-order valence-corrected chi connectivity index (χ1v) is 6.90. The van der Waals surface area contributed by atoms with E-state index in [4.69, 9.17) is 9.47 Å². The lowest BCUT2D eigenvalue weighted by Gasteiger charge is -2.44. The van der Waals surface area contributed by atoms with Gasteiger partial charge < -0.3 is 9.47 Å². The summed E-state index contributed by atoms with van der Waals surface area (Å²) in [4.78, 5) is 2.54. The third kappa shape index (κ3) is 2.25. The van der Waals surface area contributed by atoms with Crippen LogP contribution in [0, 0.1) is 0 Å². The SMILES string of the molecule is COc1ccc(C2OCCC3CCCCN32)cc1. The number of rotatable bonds is 2. The zero-order chi connectivity index (χ0) is 12.4. The second kappa shape index (κ2) is 5.29. The topological polar surface area (TPSA) is 21.7 Å². The molecule has 2 heterocycles. The molecule has 1 aromatic rings. The summed E-state index contributed by atoms with van der Waals surface area (Å²) in [5, 5.41) is 0. The fraction of sp³-hybridized carbons (Fsp3) is 0.600. The van der Waals surface area contributed by atoms with Gasteiger partial charge in [-0.05, 0) is 37.0 Å². The Labute approximate surface area is 109 Å². The summed E-state index contributed by atoms with van der Waals surface area (Å²) in [7, 11) is 1.70. The molecule has 0 N–H and O–H groups in total. The third-order valence-corrected chi connectivity index (χ3v) is 4.10. The van der Waals surface area contributed by atoms with E-state index in [0.717, 1.165) is 18.4 Å². The Morgan fingerprint density at radius 3 is 2.78 bits per heavy atom. The third-order valence-electron chi connectivity index (χ3n) is 4.10. The van der Waals surface area contributed by atoms with E-state index >= 15 is 0 Å². The van der Waals surface area contributed by atoms with Gasteiger partial charge in [-0.2, -0.15) is 0 Å². The largest absolute Gasteiger partial charge is 0.497 e. The van der Waals surface area contributed by atoms with Crippen molar-refractivity contribution in [2.24, 2.45) is 0 Å². The minimum Gasteiger partial charge on any atom is -0.497 e. The predicted molar refractivity (Wildman–Crippen MR) is 70.6 cm³/mol. The van der Waals surface area contributed by atoms with Crippen LogP contribution in [-0.2, 0) is 4.74 Å². The molecule has 98 valence electrons. The molecule has 0 radical (unpaired) electrons. The molecule has 2 atom stereocenters. The van der Waals surface area contributed by atoms with E-state index in [1.807, 2.05) is 12.1 Å². The molecule has 2 fully saturated rings. The van der Waals surface area contributed by atoms with Gasteiger partial charge in [0, 0.05) is 12.6 Å². The lowest BCUT2D eigenvalue weighted by atomic mass is 9.96. The Morgan fingerprint density at radius 2 is 2.00 bits per heavy atom. The van der Waals surface area contributed by atoms with E-state index in [0.29, 0.717) is 0 Å². The Bertz CT molecular complexity index is 388. The minimum absolute atomic E-state index is 0.148. The van der Waals surface area contributed by atoms with Crippen molar-refractivity contribution in [3.63, 3.8) is 0 Å². The number of methoxy groups -OCH3 is 1. The van der Waals surface area contributed by atoms with Crippen LogP contribution in [0.5, 0.6) is 5.75 Å². The lowest BCUT2D eigenvalue weighted by molar-refractivity contribution is -0.136.